The van der Waals surface area contributed by atoms with Gasteiger partial charge in [0.05, 0.1) is 4.90 Å². The van der Waals surface area contributed by atoms with E-state index in [0.717, 1.165) is 35.2 Å². The molecule has 5 rings (SSSR count). The van der Waals surface area contributed by atoms with Crippen LogP contribution in [0.15, 0.2) is 83.8 Å². The predicted octanol–water partition coefficient (Wildman–Crippen LogP) is 4.81. The molecular weight excluding hydrogens is 444 g/mol. The molecule has 0 radical (unpaired) electrons. The first-order valence-electron chi connectivity index (χ1n) is 12.0. The molecule has 1 amide bonds. The molecule has 34 heavy (non-hydrogen) atoms. The number of sulfonamides is 1. The van der Waals surface area contributed by atoms with Crippen LogP contribution in [-0.4, -0.2) is 31.2 Å². The van der Waals surface area contributed by atoms with E-state index in [1.807, 2.05) is 78.6 Å². The molecular formula is C28H30N2O3S. The number of hydrogen-bond donors (Lipinski definition) is 0. The molecule has 176 valence electrons. The van der Waals surface area contributed by atoms with Gasteiger partial charge in [0.15, 0.2) is 0 Å². The van der Waals surface area contributed by atoms with Crippen molar-refractivity contribution in [2.24, 2.45) is 5.92 Å². The molecule has 1 aliphatic carbocycles. The first-order valence-corrected chi connectivity index (χ1v) is 13.4. The summed E-state index contributed by atoms with van der Waals surface area (Å²) in [6.45, 7) is 2.74. The maximum absolute atomic E-state index is 13.8. The Labute approximate surface area is 202 Å². The Balaban J connectivity index is 1.43. The zero-order valence-electron chi connectivity index (χ0n) is 19.4. The van der Waals surface area contributed by atoms with Gasteiger partial charge in [-0.1, -0.05) is 60.7 Å². The van der Waals surface area contributed by atoms with E-state index < -0.39 is 10.0 Å². The Kier molecular flexibility index (Phi) is 6.28. The Morgan fingerprint density at radius 1 is 0.941 bits per heavy atom. The second-order valence-corrected chi connectivity index (χ2v) is 11.3. The number of nitrogens with zero attached hydrogens (tertiary/aromatic N) is 2. The number of amides is 1. The van der Waals surface area contributed by atoms with Crippen LogP contribution in [0.1, 0.15) is 36.5 Å². The third-order valence-corrected chi connectivity index (χ3v) is 8.60. The number of benzene rings is 3. The molecule has 0 aromatic heterocycles. The van der Waals surface area contributed by atoms with Gasteiger partial charge < -0.3 is 4.90 Å². The van der Waals surface area contributed by atoms with Crippen molar-refractivity contribution in [3.8, 4) is 0 Å². The average Bonchev–Trinajstić information content (AvgIpc) is 3.64. The monoisotopic (exact) mass is 474 g/mol. The van der Waals surface area contributed by atoms with E-state index in [1.165, 1.54) is 0 Å². The van der Waals surface area contributed by atoms with Gasteiger partial charge in [0.1, 0.15) is 0 Å². The SMILES string of the molecule is CC1Cc2cc(S(=O)(=O)N(CCc3ccccc3)Cc3ccccc3)ccc2N1C(=O)C1CC1. The van der Waals surface area contributed by atoms with Crippen LogP contribution in [0.5, 0.6) is 0 Å². The van der Waals surface area contributed by atoms with Crippen molar-refractivity contribution in [2.45, 2.75) is 50.1 Å². The quantitative estimate of drug-likeness (QED) is 0.471. The average molecular weight is 475 g/mol. The molecule has 1 heterocycles. The molecule has 0 spiro atoms. The molecule has 0 bridgehead atoms. The van der Waals surface area contributed by atoms with Crippen molar-refractivity contribution >= 4 is 21.6 Å². The molecule has 0 saturated heterocycles. The fraction of sp³-hybridized carbons (Fsp3) is 0.321. The molecule has 1 atom stereocenters. The van der Waals surface area contributed by atoms with Crippen LogP contribution < -0.4 is 4.90 Å². The minimum Gasteiger partial charge on any atom is -0.309 e. The molecule has 3 aromatic rings. The van der Waals surface area contributed by atoms with Crippen molar-refractivity contribution in [1.82, 2.24) is 4.31 Å². The largest absolute Gasteiger partial charge is 0.309 e. The Hall–Kier alpha value is -2.96. The Morgan fingerprint density at radius 3 is 2.24 bits per heavy atom. The van der Waals surface area contributed by atoms with Gasteiger partial charge in [-0.15, -0.1) is 0 Å². The lowest BCUT2D eigenvalue weighted by molar-refractivity contribution is -0.120. The van der Waals surface area contributed by atoms with Crippen molar-refractivity contribution in [3.63, 3.8) is 0 Å². The predicted molar refractivity (Wildman–Crippen MR) is 134 cm³/mol. The first-order chi connectivity index (χ1) is 16.4. The van der Waals surface area contributed by atoms with Crippen LogP contribution in [0.3, 0.4) is 0 Å². The molecule has 6 heteroatoms. The van der Waals surface area contributed by atoms with Gasteiger partial charge >= 0.3 is 0 Å². The molecule has 1 unspecified atom stereocenters. The van der Waals surface area contributed by atoms with Gasteiger partial charge in [-0.2, -0.15) is 4.31 Å². The van der Waals surface area contributed by atoms with Crippen molar-refractivity contribution in [2.75, 3.05) is 11.4 Å². The smallest absolute Gasteiger partial charge is 0.243 e. The summed E-state index contributed by atoms with van der Waals surface area (Å²) in [4.78, 5) is 15.0. The molecule has 1 fully saturated rings. The van der Waals surface area contributed by atoms with Gasteiger partial charge in [0, 0.05) is 30.7 Å². The van der Waals surface area contributed by atoms with Crippen LogP contribution in [0.25, 0.3) is 0 Å². The summed E-state index contributed by atoms with van der Waals surface area (Å²) in [6.07, 6.45) is 3.23. The number of rotatable bonds is 8. The minimum absolute atomic E-state index is 0.0551. The summed E-state index contributed by atoms with van der Waals surface area (Å²) in [6, 6.07) is 25.0. The van der Waals surface area contributed by atoms with E-state index in [4.69, 9.17) is 0 Å². The molecule has 1 saturated carbocycles. The summed E-state index contributed by atoms with van der Waals surface area (Å²) in [5.41, 5.74) is 3.86. The summed E-state index contributed by atoms with van der Waals surface area (Å²) < 4.78 is 29.2. The molecule has 5 nitrogen and oxygen atoms in total. The number of carbonyl (C=O) groups excluding carboxylic acids is 1. The van der Waals surface area contributed by atoms with Gasteiger partial charge in [0.2, 0.25) is 15.9 Å². The van der Waals surface area contributed by atoms with Crippen LogP contribution in [-0.2, 0) is 34.2 Å². The Morgan fingerprint density at radius 2 is 1.59 bits per heavy atom. The highest BCUT2D eigenvalue weighted by atomic mass is 32.2. The van der Waals surface area contributed by atoms with E-state index in [-0.39, 0.29) is 17.9 Å². The maximum Gasteiger partial charge on any atom is 0.243 e. The van der Waals surface area contributed by atoms with Gasteiger partial charge in [-0.3, -0.25) is 4.79 Å². The fourth-order valence-corrected chi connectivity index (χ4v) is 6.23. The summed E-state index contributed by atoms with van der Waals surface area (Å²) in [5, 5.41) is 0. The van der Waals surface area contributed by atoms with E-state index >= 15 is 0 Å². The third kappa shape index (κ3) is 4.65. The summed E-state index contributed by atoms with van der Waals surface area (Å²) >= 11 is 0. The minimum atomic E-state index is -3.72. The maximum atomic E-state index is 13.8. The molecule has 0 N–H and O–H groups in total. The normalized spacial score (nSPS) is 17.7. The number of hydrogen-bond acceptors (Lipinski definition) is 3. The van der Waals surface area contributed by atoms with Crippen LogP contribution in [0.4, 0.5) is 5.69 Å². The lowest BCUT2D eigenvalue weighted by Crippen LogP contribution is -2.36. The highest BCUT2D eigenvalue weighted by Crippen LogP contribution is 2.39. The summed E-state index contributed by atoms with van der Waals surface area (Å²) in [7, 11) is -3.72. The standard InChI is InChI=1S/C28H30N2O3S/c1-21-18-25-19-26(14-15-27(25)30(21)28(31)24-12-13-24)34(32,33)29(20-23-10-6-3-7-11-23)17-16-22-8-4-2-5-9-22/h2-11,14-15,19,21,24H,12-13,16-18,20H2,1H3. The topological polar surface area (TPSA) is 57.7 Å². The second kappa shape index (κ2) is 9.35. The van der Waals surface area contributed by atoms with Crippen molar-refractivity contribution in [1.29, 1.82) is 0 Å². The van der Waals surface area contributed by atoms with Crippen molar-refractivity contribution in [3.05, 3.63) is 95.6 Å². The highest BCUT2D eigenvalue weighted by Gasteiger charge is 2.40. The molecule has 2 aliphatic rings. The highest BCUT2D eigenvalue weighted by molar-refractivity contribution is 7.89. The summed E-state index contributed by atoms with van der Waals surface area (Å²) in [5.74, 6) is 0.312. The molecule has 3 aromatic carbocycles. The fourth-order valence-electron chi connectivity index (χ4n) is 4.75. The molecule has 1 aliphatic heterocycles. The van der Waals surface area contributed by atoms with Crippen LogP contribution in [0.2, 0.25) is 0 Å². The van der Waals surface area contributed by atoms with Crippen LogP contribution in [0, 0.1) is 5.92 Å². The van der Waals surface area contributed by atoms with Crippen molar-refractivity contribution < 1.29 is 13.2 Å². The lowest BCUT2D eigenvalue weighted by atomic mass is 10.1. The first kappa shape index (κ1) is 22.8. The zero-order valence-corrected chi connectivity index (χ0v) is 20.2. The van der Waals surface area contributed by atoms with Gasteiger partial charge in [-0.25, -0.2) is 8.42 Å². The number of anilines is 1. The van der Waals surface area contributed by atoms with E-state index in [1.54, 1.807) is 16.4 Å². The number of fused-ring (bicyclic) bond motifs is 1. The number of carbonyl (C=O) groups is 1. The second-order valence-electron chi connectivity index (χ2n) is 9.39. The van der Waals surface area contributed by atoms with Crippen LogP contribution >= 0.6 is 0 Å². The third-order valence-electron chi connectivity index (χ3n) is 6.76. The Bertz CT molecular complexity index is 1270. The van der Waals surface area contributed by atoms with E-state index in [0.29, 0.717) is 30.8 Å². The lowest BCUT2D eigenvalue weighted by Gasteiger charge is -2.24. The van der Waals surface area contributed by atoms with Gasteiger partial charge in [-0.05, 0) is 67.5 Å². The van der Waals surface area contributed by atoms with Gasteiger partial charge in [0.25, 0.3) is 0 Å². The zero-order chi connectivity index (χ0) is 23.7. The van der Waals surface area contributed by atoms with E-state index in [9.17, 15) is 13.2 Å². The van der Waals surface area contributed by atoms with E-state index in [2.05, 4.69) is 0 Å².